The maximum atomic E-state index is 12.7. The van der Waals surface area contributed by atoms with E-state index in [-0.39, 0.29) is 5.82 Å². The average Bonchev–Trinajstić information content (AvgIpc) is 2.33. The molecule has 2 aromatic carbocycles. The molecule has 0 N–H and O–H groups in total. The Morgan fingerprint density at radius 2 is 1.59 bits per heavy atom. The fourth-order valence-electron chi connectivity index (χ4n) is 1.25. The molecule has 4 heteroatoms. The molecule has 0 fully saturated rings. The highest BCUT2D eigenvalue weighted by Gasteiger charge is 2.08. The van der Waals surface area contributed by atoms with Crippen LogP contribution in [-0.4, -0.2) is 5.97 Å². The standard InChI is InChI=1S/C13H8BrFO2/c14-10-3-7-12(8-4-10)17-13(16)9-1-5-11(15)6-2-9/h1-8H. The molecule has 0 aliphatic carbocycles. The molecule has 0 heterocycles. The van der Waals surface area contributed by atoms with E-state index in [0.717, 1.165) is 4.47 Å². The highest BCUT2D eigenvalue weighted by atomic mass is 79.9. The van der Waals surface area contributed by atoms with Crippen LogP contribution < -0.4 is 4.74 Å². The third-order valence-electron chi connectivity index (χ3n) is 2.10. The summed E-state index contributed by atoms with van der Waals surface area (Å²) in [6.07, 6.45) is 0. The first-order valence-electron chi connectivity index (χ1n) is 4.88. The van der Waals surface area contributed by atoms with Crippen molar-refractivity contribution in [1.29, 1.82) is 0 Å². The van der Waals surface area contributed by atoms with Gasteiger partial charge in [0, 0.05) is 4.47 Å². The van der Waals surface area contributed by atoms with Crippen LogP contribution in [0.25, 0.3) is 0 Å². The number of ether oxygens (including phenoxy) is 1. The predicted molar refractivity (Wildman–Crippen MR) is 65.5 cm³/mol. The molecule has 0 atom stereocenters. The molecule has 0 aliphatic rings. The second-order valence-corrected chi connectivity index (χ2v) is 4.27. The van der Waals surface area contributed by atoms with E-state index in [1.54, 1.807) is 24.3 Å². The van der Waals surface area contributed by atoms with E-state index in [2.05, 4.69) is 15.9 Å². The van der Waals surface area contributed by atoms with Crippen molar-refractivity contribution in [2.45, 2.75) is 0 Å². The minimum atomic E-state index is -0.507. The second-order valence-electron chi connectivity index (χ2n) is 3.35. The topological polar surface area (TPSA) is 26.3 Å². The lowest BCUT2D eigenvalue weighted by Crippen LogP contribution is -2.08. The molecule has 0 radical (unpaired) electrons. The van der Waals surface area contributed by atoms with Crippen molar-refractivity contribution in [3.63, 3.8) is 0 Å². The summed E-state index contributed by atoms with van der Waals surface area (Å²) in [5, 5.41) is 0. The number of benzene rings is 2. The summed E-state index contributed by atoms with van der Waals surface area (Å²) in [6, 6.07) is 12.1. The molecule has 17 heavy (non-hydrogen) atoms. The number of carbonyl (C=O) groups excluding carboxylic acids is 1. The van der Waals surface area contributed by atoms with E-state index in [0.29, 0.717) is 11.3 Å². The monoisotopic (exact) mass is 294 g/mol. The van der Waals surface area contributed by atoms with Gasteiger partial charge in [-0.2, -0.15) is 0 Å². The molecule has 0 unspecified atom stereocenters. The van der Waals surface area contributed by atoms with Crippen molar-refractivity contribution in [1.82, 2.24) is 0 Å². The zero-order chi connectivity index (χ0) is 12.3. The first-order valence-corrected chi connectivity index (χ1v) is 5.68. The minimum Gasteiger partial charge on any atom is -0.423 e. The molecule has 2 rings (SSSR count). The van der Waals surface area contributed by atoms with Crippen molar-refractivity contribution < 1.29 is 13.9 Å². The Balaban J connectivity index is 2.11. The lowest BCUT2D eigenvalue weighted by molar-refractivity contribution is 0.0734. The van der Waals surface area contributed by atoms with E-state index in [9.17, 15) is 9.18 Å². The second kappa shape index (κ2) is 5.10. The zero-order valence-electron chi connectivity index (χ0n) is 8.69. The highest BCUT2D eigenvalue weighted by Crippen LogP contribution is 2.17. The van der Waals surface area contributed by atoms with Crippen LogP contribution >= 0.6 is 15.9 Å². The first kappa shape index (κ1) is 11.8. The van der Waals surface area contributed by atoms with Gasteiger partial charge in [0.25, 0.3) is 0 Å². The molecule has 0 spiro atoms. The lowest BCUT2D eigenvalue weighted by Gasteiger charge is -2.04. The molecule has 0 bridgehead atoms. The van der Waals surface area contributed by atoms with Crippen molar-refractivity contribution in [2.75, 3.05) is 0 Å². The van der Waals surface area contributed by atoms with Crippen LogP contribution in [0.15, 0.2) is 53.0 Å². The molecule has 0 saturated carbocycles. The van der Waals surface area contributed by atoms with Gasteiger partial charge in [-0.1, -0.05) is 15.9 Å². The fourth-order valence-corrected chi connectivity index (χ4v) is 1.52. The van der Waals surface area contributed by atoms with Gasteiger partial charge in [-0.3, -0.25) is 0 Å². The van der Waals surface area contributed by atoms with Gasteiger partial charge >= 0.3 is 5.97 Å². The third-order valence-corrected chi connectivity index (χ3v) is 2.63. The van der Waals surface area contributed by atoms with Crippen LogP contribution in [0, 0.1) is 5.82 Å². The molecular weight excluding hydrogens is 287 g/mol. The Hall–Kier alpha value is -1.68. The Labute approximate surface area is 106 Å². The maximum Gasteiger partial charge on any atom is 0.343 e. The molecule has 0 amide bonds. The number of halogens is 2. The van der Waals surface area contributed by atoms with Gasteiger partial charge in [0.1, 0.15) is 11.6 Å². The van der Waals surface area contributed by atoms with E-state index < -0.39 is 5.97 Å². The molecule has 0 aliphatic heterocycles. The van der Waals surface area contributed by atoms with E-state index in [1.165, 1.54) is 24.3 Å². The number of esters is 1. The van der Waals surface area contributed by atoms with Gasteiger partial charge in [-0.05, 0) is 48.5 Å². The molecule has 0 saturated heterocycles. The van der Waals surface area contributed by atoms with Crippen molar-refractivity contribution >= 4 is 21.9 Å². The summed E-state index contributed by atoms with van der Waals surface area (Å²) in [5.41, 5.74) is 0.314. The summed E-state index contributed by atoms with van der Waals surface area (Å²) < 4.78 is 18.7. The molecule has 2 nitrogen and oxygen atoms in total. The Morgan fingerprint density at radius 3 is 2.18 bits per heavy atom. The first-order chi connectivity index (χ1) is 8.15. The molecule has 2 aromatic rings. The van der Waals surface area contributed by atoms with Gasteiger partial charge < -0.3 is 4.74 Å². The van der Waals surface area contributed by atoms with Gasteiger partial charge in [0.05, 0.1) is 5.56 Å². The number of hydrogen-bond acceptors (Lipinski definition) is 2. The fraction of sp³-hybridized carbons (Fsp3) is 0. The Morgan fingerprint density at radius 1 is 1.00 bits per heavy atom. The predicted octanol–water partition coefficient (Wildman–Crippen LogP) is 3.81. The minimum absolute atomic E-state index is 0.314. The van der Waals surface area contributed by atoms with Crippen LogP contribution in [0.3, 0.4) is 0 Å². The van der Waals surface area contributed by atoms with Crippen molar-refractivity contribution in [3.05, 3.63) is 64.4 Å². The summed E-state index contributed by atoms with van der Waals surface area (Å²) in [6.45, 7) is 0. The Kier molecular flexibility index (Phi) is 3.54. The smallest absolute Gasteiger partial charge is 0.343 e. The normalized spacial score (nSPS) is 10.0. The van der Waals surface area contributed by atoms with Gasteiger partial charge in [0.15, 0.2) is 0 Å². The molecule has 86 valence electrons. The van der Waals surface area contributed by atoms with Gasteiger partial charge in [-0.15, -0.1) is 0 Å². The quantitative estimate of drug-likeness (QED) is 0.622. The summed E-state index contributed by atoms with van der Waals surface area (Å²) in [5.74, 6) is -0.444. The van der Waals surface area contributed by atoms with Gasteiger partial charge in [-0.25, -0.2) is 9.18 Å². The molecular formula is C13H8BrFO2. The molecule has 0 aromatic heterocycles. The Bertz CT molecular complexity index is 520. The summed E-state index contributed by atoms with van der Waals surface area (Å²) in [7, 11) is 0. The zero-order valence-corrected chi connectivity index (χ0v) is 10.3. The van der Waals surface area contributed by atoms with Crippen LogP contribution in [-0.2, 0) is 0 Å². The van der Waals surface area contributed by atoms with Gasteiger partial charge in [0.2, 0.25) is 0 Å². The number of rotatable bonds is 2. The van der Waals surface area contributed by atoms with E-state index in [1.807, 2.05) is 0 Å². The van der Waals surface area contributed by atoms with Crippen LogP contribution in [0.2, 0.25) is 0 Å². The van der Waals surface area contributed by atoms with Crippen LogP contribution in [0.5, 0.6) is 5.75 Å². The summed E-state index contributed by atoms with van der Waals surface area (Å²) in [4.78, 5) is 11.7. The highest BCUT2D eigenvalue weighted by molar-refractivity contribution is 9.10. The van der Waals surface area contributed by atoms with Crippen LogP contribution in [0.4, 0.5) is 4.39 Å². The van der Waals surface area contributed by atoms with Crippen molar-refractivity contribution in [3.8, 4) is 5.75 Å². The average molecular weight is 295 g/mol. The number of carbonyl (C=O) groups is 1. The third kappa shape index (κ3) is 3.14. The maximum absolute atomic E-state index is 12.7. The van der Waals surface area contributed by atoms with Crippen molar-refractivity contribution in [2.24, 2.45) is 0 Å². The van der Waals surface area contributed by atoms with E-state index in [4.69, 9.17) is 4.74 Å². The number of hydrogen-bond donors (Lipinski definition) is 0. The van der Waals surface area contributed by atoms with Crippen LogP contribution in [0.1, 0.15) is 10.4 Å². The summed E-state index contributed by atoms with van der Waals surface area (Å²) >= 11 is 3.28. The lowest BCUT2D eigenvalue weighted by atomic mass is 10.2. The largest absolute Gasteiger partial charge is 0.423 e. The van der Waals surface area contributed by atoms with E-state index >= 15 is 0 Å². The SMILES string of the molecule is O=C(Oc1ccc(Br)cc1)c1ccc(F)cc1.